The van der Waals surface area contributed by atoms with Crippen molar-refractivity contribution in [2.24, 2.45) is 0 Å². The third-order valence-corrected chi connectivity index (χ3v) is 6.28. The van der Waals surface area contributed by atoms with E-state index in [4.69, 9.17) is 0 Å². The number of benzene rings is 2. The molecule has 3 rings (SSSR count). The van der Waals surface area contributed by atoms with Gasteiger partial charge in [-0.25, -0.2) is 8.42 Å². The van der Waals surface area contributed by atoms with Gasteiger partial charge in [-0.1, -0.05) is 25.1 Å². The third kappa shape index (κ3) is 5.04. The molecule has 28 heavy (non-hydrogen) atoms. The maximum atomic E-state index is 12.9. The van der Waals surface area contributed by atoms with Crippen molar-refractivity contribution in [1.82, 2.24) is 4.90 Å². The summed E-state index contributed by atoms with van der Waals surface area (Å²) in [7, 11) is -3.38. The summed E-state index contributed by atoms with van der Waals surface area (Å²) in [6.07, 6.45) is 0.541. The molecule has 2 aromatic carbocycles. The predicted octanol–water partition coefficient (Wildman–Crippen LogP) is 3.11. The summed E-state index contributed by atoms with van der Waals surface area (Å²) < 4.78 is 26.5. The minimum absolute atomic E-state index is 0.0616. The second-order valence-corrected chi connectivity index (χ2v) is 8.96. The van der Waals surface area contributed by atoms with Crippen LogP contribution in [0.25, 0.3) is 0 Å². The van der Waals surface area contributed by atoms with E-state index in [-0.39, 0.29) is 11.7 Å². The Morgan fingerprint density at radius 1 is 1.04 bits per heavy atom. The molecule has 0 aliphatic carbocycles. The van der Waals surface area contributed by atoms with Gasteiger partial charge in [0, 0.05) is 43.1 Å². The number of hydrogen-bond acceptors (Lipinski definition) is 4. The number of nitrogens with zero attached hydrogens (tertiary/aromatic N) is 2. The summed E-state index contributed by atoms with van der Waals surface area (Å²) >= 11 is 0. The van der Waals surface area contributed by atoms with Crippen molar-refractivity contribution >= 4 is 27.3 Å². The molecular weight excluding hydrogens is 374 g/mol. The standard InChI is InChI=1S/C21H27N3O3S/c1-3-14-28(26,27)22-19-8-5-7-18(16-19)21(25)24-12-10-23(11-13-24)20-9-4-6-17(2)15-20/h4-9,15-16,22H,3,10-14H2,1-2H3. The number of amides is 1. The first-order chi connectivity index (χ1) is 13.4. The molecule has 0 spiro atoms. The van der Waals surface area contributed by atoms with Crippen molar-refractivity contribution in [3.63, 3.8) is 0 Å². The molecule has 6 nitrogen and oxygen atoms in total. The lowest BCUT2D eigenvalue weighted by Crippen LogP contribution is -2.48. The summed E-state index contributed by atoms with van der Waals surface area (Å²) in [4.78, 5) is 17.0. The first-order valence-electron chi connectivity index (χ1n) is 9.59. The molecule has 0 saturated carbocycles. The number of piperazine rings is 1. The molecule has 1 saturated heterocycles. The fraction of sp³-hybridized carbons (Fsp3) is 0.381. The van der Waals surface area contributed by atoms with Gasteiger partial charge in [-0.05, 0) is 49.2 Å². The summed E-state index contributed by atoms with van der Waals surface area (Å²) in [6.45, 7) is 6.72. The highest BCUT2D eigenvalue weighted by molar-refractivity contribution is 7.92. The highest BCUT2D eigenvalue weighted by atomic mass is 32.2. The van der Waals surface area contributed by atoms with Gasteiger partial charge in [0.05, 0.1) is 5.75 Å². The molecule has 0 bridgehead atoms. The van der Waals surface area contributed by atoms with E-state index in [9.17, 15) is 13.2 Å². The van der Waals surface area contributed by atoms with Gasteiger partial charge in [-0.3, -0.25) is 9.52 Å². The van der Waals surface area contributed by atoms with Crippen molar-refractivity contribution in [3.8, 4) is 0 Å². The van der Waals surface area contributed by atoms with Crippen molar-refractivity contribution in [1.29, 1.82) is 0 Å². The van der Waals surface area contributed by atoms with Crippen molar-refractivity contribution < 1.29 is 13.2 Å². The van der Waals surface area contributed by atoms with Crippen LogP contribution in [0.1, 0.15) is 29.3 Å². The van der Waals surface area contributed by atoms with Gasteiger partial charge < -0.3 is 9.80 Å². The van der Waals surface area contributed by atoms with Crippen LogP contribution in [0.4, 0.5) is 11.4 Å². The molecule has 7 heteroatoms. The molecule has 1 N–H and O–H groups in total. The lowest BCUT2D eigenvalue weighted by Gasteiger charge is -2.36. The first kappa shape index (κ1) is 20.2. The number of aryl methyl sites for hydroxylation is 1. The van der Waals surface area contributed by atoms with E-state index in [1.807, 2.05) is 17.9 Å². The van der Waals surface area contributed by atoms with E-state index in [1.165, 1.54) is 11.3 Å². The van der Waals surface area contributed by atoms with Crippen molar-refractivity contribution in [2.45, 2.75) is 20.3 Å². The highest BCUT2D eigenvalue weighted by Gasteiger charge is 2.23. The summed E-state index contributed by atoms with van der Waals surface area (Å²) in [5.41, 5.74) is 3.33. The molecular formula is C21H27N3O3S. The Hall–Kier alpha value is -2.54. The van der Waals surface area contributed by atoms with Crippen LogP contribution in [0, 0.1) is 6.92 Å². The van der Waals surface area contributed by atoms with Crippen LogP contribution in [0.5, 0.6) is 0 Å². The van der Waals surface area contributed by atoms with E-state index in [0.29, 0.717) is 30.8 Å². The topological polar surface area (TPSA) is 69.7 Å². The Morgan fingerprint density at radius 2 is 1.75 bits per heavy atom. The maximum Gasteiger partial charge on any atom is 0.254 e. The minimum atomic E-state index is -3.38. The number of anilines is 2. The Balaban J connectivity index is 1.64. The van der Waals surface area contributed by atoms with Crippen LogP contribution in [0.15, 0.2) is 48.5 Å². The lowest BCUT2D eigenvalue weighted by atomic mass is 10.1. The Labute approximate surface area is 167 Å². The van der Waals surface area contributed by atoms with Crippen molar-refractivity contribution in [3.05, 3.63) is 59.7 Å². The first-order valence-corrected chi connectivity index (χ1v) is 11.2. The number of nitrogens with one attached hydrogen (secondary N) is 1. The molecule has 2 aromatic rings. The number of carbonyl (C=O) groups excluding carboxylic acids is 1. The van der Waals surface area contributed by atoms with Gasteiger partial charge in [0.15, 0.2) is 0 Å². The quantitative estimate of drug-likeness (QED) is 0.807. The van der Waals surface area contributed by atoms with Crippen LogP contribution in [0.2, 0.25) is 0 Å². The van der Waals surface area contributed by atoms with E-state index < -0.39 is 10.0 Å². The minimum Gasteiger partial charge on any atom is -0.368 e. The molecule has 0 atom stereocenters. The predicted molar refractivity (Wildman–Crippen MR) is 113 cm³/mol. The van der Waals surface area contributed by atoms with Gasteiger partial charge in [-0.15, -0.1) is 0 Å². The van der Waals surface area contributed by atoms with Crippen LogP contribution in [0.3, 0.4) is 0 Å². The molecule has 150 valence electrons. The van der Waals surface area contributed by atoms with E-state index in [0.717, 1.165) is 13.1 Å². The molecule has 1 amide bonds. The number of sulfonamides is 1. The lowest BCUT2D eigenvalue weighted by molar-refractivity contribution is 0.0747. The zero-order chi connectivity index (χ0) is 20.1. The maximum absolute atomic E-state index is 12.9. The monoisotopic (exact) mass is 401 g/mol. The smallest absolute Gasteiger partial charge is 0.254 e. The largest absolute Gasteiger partial charge is 0.368 e. The molecule has 0 radical (unpaired) electrons. The molecule has 1 heterocycles. The van der Waals surface area contributed by atoms with Gasteiger partial charge in [0.1, 0.15) is 0 Å². The van der Waals surface area contributed by atoms with Crippen LogP contribution >= 0.6 is 0 Å². The number of rotatable bonds is 6. The molecule has 0 aromatic heterocycles. The molecule has 0 unspecified atom stereocenters. The average molecular weight is 402 g/mol. The zero-order valence-corrected chi connectivity index (χ0v) is 17.2. The highest BCUT2D eigenvalue weighted by Crippen LogP contribution is 2.20. The van der Waals surface area contributed by atoms with Crippen LogP contribution < -0.4 is 9.62 Å². The van der Waals surface area contributed by atoms with Crippen LogP contribution in [-0.2, 0) is 10.0 Å². The van der Waals surface area contributed by atoms with E-state index >= 15 is 0 Å². The Morgan fingerprint density at radius 3 is 2.43 bits per heavy atom. The summed E-state index contributed by atoms with van der Waals surface area (Å²) in [5.74, 6) is -0.00744. The summed E-state index contributed by atoms with van der Waals surface area (Å²) in [6, 6.07) is 15.1. The Kier molecular flexibility index (Phi) is 6.24. The normalized spacial score (nSPS) is 14.8. The zero-order valence-electron chi connectivity index (χ0n) is 16.4. The van der Waals surface area contributed by atoms with Gasteiger partial charge in [0.2, 0.25) is 10.0 Å². The Bertz CT molecular complexity index is 935. The SMILES string of the molecule is CCCS(=O)(=O)Nc1cccc(C(=O)N2CCN(c3cccc(C)c3)CC2)c1. The average Bonchev–Trinajstić information content (AvgIpc) is 2.67. The third-order valence-electron chi connectivity index (χ3n) is 4.79. The van der Waals surface area contributed by atoms with Gasteiger partial charge in [-0.2, -0.15) is 0 Å². The second kappa shape index (κ2) is 8.65. The molecule has 1 aliphatic heterocycles. The van der Waals surface area contributed by atoms with Crippen molar-refractivity contribution in [2.75, 3.05) is 41.6 Å². The number of hydrogen-bond donors (Lipinski definition) is 1. The molecule has 1 aliphatic rings. The van der Waals surface area contributed by atoms with E-state index in [2.05, 4.69) is 34.7 Å². The second-order valence-electron chi connectivity index (χ2n) is 7.12. The summed E-state index contributed by atoms with van der Waals surface area (Å²) in [5, 5.41) is 0. The van der Waals surface area contributed by atoms with Crippen LogP contribution in [-0.4, -0.2) is 51.2 Å². The van der Waals surface area contributed by atoms with Gasteiger partial charge in [0.25, 0.3) is 5.91 Å². The fourth-order valence-electron chi connectivity index (χ4n) is 3.39. The van der Waals surface area contributed by atoms with E-state index in [1.54, 1.807) is 24.3 Å². The molecule has 1 fully saturated rings. The number of carbonyl (C=O) groups is 1. The van der Waals surface area contributed by atoms with Gasteiger partial charge >= 0.3 is 0 Å². The fourth-order valence-corrected chi connectivity index (χ4v) is 4.52.